The van der Waals surface area contributed by atoms with E-state index in [1.807, 2.05) is 13.8 Å². The lowest BCUT2D eigenvalue weighted by Gasteiger charge is -2.15. The van der Waals surface area contributed by atoms with Crippen LogP contribution in [0.2, 0.25) is 0 Å². The van der Waals surface area contributed by atoms with Crippen molar-refractivity contribution in [1.29, 1.82) is 0 Å². The third-order valence-corrected chi connectivity index (χ3v) is 1.99. The molecule has 0 fully saturated rings. The molecule has 1 heteroatoms. The molecule has 0 aliphatic heterocycles. The van der Waals surface area contributed by atoms with Gasteiger partial charge in [0.15, 0.2) is 0 Å². The quantitative estimate of drug-likeness (QED) is 0.426. The second-order valence-corrected chi connectivity index (χ2v) is 3.92. The molecule has 0 aliphatic rings. The van der Waals surface area contributed by atoms with Crippen LogP contribution in [0.25, 0.3) is 0 Å². The van der Waals surface area contributed by atoms with Crippen molar-refractivity contribution in [2.75, 3.05) is 0 Å². The molecular weight excluding hydrogens is 136 g/mol. The van der Waals surface area contributed by atoms with Gasteiger partial charge in [-0.3, -0.25) is 0 Å². The van der Waals surface area contributed by atoms with E-state index in [-0.39, 0.29) is 5.41 Å². The summed E-state index contributed by atoms with van der Waals surface area (Å²) in [4.78, 5) is 10.5. The summed E-state index contributed by atoms with van der Waals surface area (Å²) in [5.41, 5.74) is -0.0895. The Morgan fingerprint density at radius 2 is 1.82 bits per heavy atom. The van der Waals surface area contributed by atoms with E-state index in [4.69, 9.17) is 0 Å². The Morgan fingerprint density at radius 1 is 1.18 bits per heavy atom. The molecule has 0 saturated heterocycles. The molecule has 0 aliphatic carbocycles. The lowest BCUT2D eigenvalue weighted by atomic mass is 9.89. The van der Waals surface area contributed by atoms with Gasteiger partial charge in [-0.1, -0.05) is 46.5 Å². The highest BCUT2D eigenvalue weighted by Crippen LogP contribution is 2.20. The second kappa shape index (κ2) is 5.34. The molecule has 0 N–H and O–H groups in total. The first-order valence-electron chi connectivity index (χ1n) is 4.59. The first-order valence-corrected chi connectivity index (χ1v) is 4.59. The van der Waals surface area contributed by atoms with E-state index in [2.05, 4.69) is 6.92 Å². The lowest BCUT2D eigenvalue weighted by molar-refractivity contribution is -0.115. The SMILES string of the molecule is CCCCCCC(C)(C)C=O. The minimum absolute atomic E-state index is 0.0895. The summed E-state index contributed by atoms with van der Waals surface area (Å²) in [6, 6.07) is 0. The predicted molar refractivity (Wildman–Crippen MR) is 48.6 cm³/mol. The molecule has 0 aromatic carbocycles. The summed E-state index contributed by atoms with van der Waals surface area (Å²) in [5.74, 6) is 0. The summed E-state index contributed by atoms with van der Waals surface area (Å²) >= 11 is 0. The standard InChI is InChI=1S/C10H20O/c1-4-5-6-7-8-10(2,3)9-11/h9H,4-8H2,1-3H3. The van der Waals surface area contributed by atoms with Gasteiger partial charge in [-0.25, -0.2) is 0 Å². The van der Waals surface area contributed by atoms with Crippen molar-refractivity contribution in [3.05, 3.63) is 0 Å². The molecule has 0 atom stereocenters. The third kappa shape index (κ3) is 6.08. The fourth-order valence-corrected chi connectivity index (χ4v) is 1.07. The molecular formula is C10H20O. The molecule has 0 unspecified atom stereocenters. The van der Waals surface area contributed by atoms with Crippen LogP contribution in [0.15, 0.2) is 0 Å². The molecule has 0 saturated carbocycles. The van der Waals surface area contributed by atoms with E-state index in [0.29, 0.717) is 0 Å². The van der Waals surface area contributed by atoms with Crippen molar-refractivity contribution in [3.8, 4) is 0 Å². The Bertz CT molecular complexity index is 105. The second-order valence-electron chi connectivity index (χ2n) is 3.92. The van der Waals surface area contributed by atoms with Gasteiger partial charge in [-0.2, -0.15) is 0 Å². The number of carbonyl (C=O) groups excluding carboxylic acids is 1. The molecule has 0 heterocycles. The number of unbranched alkanes of at least 4 members (excludes halogenated alkanes) is 3. The topological polar surface area (TPSA) is 17.1 Å². The van der Waals surface area contributed by atoms with E-state index in [1.165, 1.54) is 25.7 Å². The smallest absolute Gasteiger partial charge is 0.125 e. The molecule has 0 radical (unpaired) electrons. The van der Waals surface area contributed by atoms with Crippen LogP contribution < -0.4 is 0 Å². The third-order valence-electron chi connectivity index (χ3n) is 1.99. The molecule has 0 aromatic heterocycles. The van der Waals surface area contributed by atoms with Crippen molar-refractivity contribution in [3.63, 3.8) is 0 Å². The Labute approximate surface area is 70.2 Å². The van der Waals surface area contributed by atoms with E-state index in [0.717, 1.165) is 12.7 Å². The zero-order valence-corrected chi connectivity index (χ0v) is 8.02. The number of carbonyl (C=O) groups is 1. The van der Waals surface area contributed by atoms with Crippen molar-refractivity contribution < 1.29 is 4.79 Å². The molecule has 0 spiro atoms. The zero-order valence-electron chi connectivity index (χ0n) is 8.02. The zero-order chi connectivity index (χ0) is 8.74. The molecule has 0 rings (SSSR count). The Morgan fingerprint density at radius 3 is 2.27 bits per heavy atom. The van der Waals surface area contributed by atoms with Gasteiger partial charge in [0.05, 0.1) is 0 Å². The number of rotatable bonds is 6. The van der Waals surface area contributed by atoms with Gasteiger partial charge < -0.3 is 4.79 Å². The van der Waals surface area contributed by atoms with Crippen LogP contribution in [-0.2, 0) is 4.79 Å². The number of hydrogen-bond acceptors (Lipinski definition) is 1. The normalized spacial score (nSPS) is 11.5. The summed E-state index contributed by atoms with van der Waals surface area (Å²) in [6.45, 7) is 6.21. The van der Waals surface area contributed by atoms with E-state index in [1.54, 1.807) is 0 Å². The highest BCUT2D eigenvalue weighted by Gasteiger charge is 2.14. The summed E-state index contributed by atoms with van der Waals surface area (Å²) < 4.78 is 0. The van der Waals surface area contributed by atoms with Crippen LogP contribution in [0.1, 0.15) is 52.9 Å². The lowest BCUT2D eigenvalue weighted by Crippen LogP contribution is -2.12. The van der Waals surface area contributed by atoms with Crippen LogP contribution in [0, 0.1) is 5.41 Å². The van der Waals surface area contributed by atoms with Gasteiger partial charge in [0.25, 0.3) is 0 Å². The monoisotopic (exact) mass is 156 g/mol. The van der Waals surface area contributed by atoms with Crippen LogP contribution in [-0.4, -0.2) is 6.29 Å². The van der Waals surface area contributed by atoms with Crippen LogP contribution in [0.3, 0.4) is 0 Å². The summed E-state index contributed by atoms with van der Waals surface area (Å²) in [7, 11) is 0. The maximum atomic E-state index is 10.5. The number of aldehydes is 1. The maximum Gasteiger partial charge on any atom is 0.125 e. The molecule has 0 aromatic rings. The van der Waals surface area contributed by atoms with Crippen LogP contribution in [0.5, 0.6) is 0 Å². The van der Waals surface area contributed by atoms with Gasteiger partial charge in [0.1, 0.15) is 6.29 Å². The van der Waals surface area contributed by atoms with Gasteiger partial charge in [0, 0.05) is 5.41 Å². The number of hydrogen-bond donors (Lipinski definition) is 0. The highest BCUT2D eigenvalue weighted by atomic mass is 16.1. The maximum absolute atomic E-state index is 10.5. The van der Waals surface area contributed by atoms with E-state index in [9.17, 15) is 4.79 Å². The van der Waals surface area contributed by atoms with Crippen molar-refractivity contribution in [1.82, 2.24) is 0 Å². The van der Waals surface area contributed by atoms with Crippen molar-refractivity contribution >= 4 is 6.29 Å². The van der Waals surface area contributed by atoms with Gasteiger partial charge in [-0.05, 0) is 6.42 Å². The summed E-state index contributed by atoms with van der Waals surface area (Å²) in [6.07, 6.45) is 7.14. The molecule has 11 heavy (non-hydrogen) atoms. The van der Waals surface area contributed by atoms with E-state index >= 15 is 0 Å². The van der Waals surface area contributed by atoms with Crippen LogP contribution >= 0.6 is 0 Å². The first kappa shape index (κ1) is 10.7. The van der Waals surface area contributed by atoms with Gasteiger partial charge in [0.2, 0.25) is 0 Å². The van der Waals surface area contributed by atoms with Gasteiger partial charge >= 0.3 is 0 Å². The average molecular weight is 156 g/mol. The highest BCUT2D eigenvalue weighted by molar-refractivity contribution is 5.57. The fraction of sp³-hybridized carbons (Fsp3) is 0.900. The Hall–Kier alpha value is -0.330. The minimum atomic E-state index is -0.0895. The molecule has 0 amide bonds. The average Bonchev–Trinajstić information content (AvgIpc) is 1.99. The Kier molecular flexibility index (Phi) is 5.18. The molecule has 1 nitrogen and oxygen atoms in total. The van der Waals surface area contributed by atoms with Gasteiger partial charge in [-0.15, -0.1) is 0 Å². The van der Waals surface area contributed by atoms with Crippen molar-refractivity contribution in [2.45, 2.75) is 52.9 Å². The first-order chi connectivity index (χ1) is 5.12. The largest absolute Gasteiger partial charge is 0.303 e. The Balaban J connectivity index is 3.30. The predicted octanol–water partition coefficient (Wildman–Crippen LogP) is 3.18. The van der Waals surface area contributed by atoms with Crippen LogP contribution in [0.4, 0.5) is 0 Å². The summed E-state index contributed by atoms with van der Waals surface area (Å²) in [5, 5.41) is 0. The molecule has 0 bridgehead atoms. The minimum Gasteiger partial charge on any atom is -0.303 e. The fourth-order valence-electron chi connectivity index (χ4n) is 1.07. The molecule has 66 valence electrons. The van der Waals surface area contributed by atoms with E-state index < -0.39 is 0 Å². The van der Waals surface area contributed by atoms with Crippen molar-refractivity contribution in [2.24, 2.45) is 5.41 Å².